The maximum Gasteiger partial charge on any atom is 0.302 e. The van der Waals surface area contributed by atoms with Gasteiger partial charge in [0.1, 0.15) is 5.52 Å². The van der Waals surface area contributed by atoms with Gasteiger partial charge in [0.25, 0.3) is 0 Å². The van der Waals surface area contributed by atoms with Crippen LogP contribution in [0.25, 0.3) is 21.3 Å². The van der Waals surface area contributed by atoms with Crippen LogP contribution in [0.2, 0.25) is 0 Å². The fourth-order valence-corrected chi connectivity index (χ4v) is 3.44. The van der Waals surface area contributed by atoms with Gasteiger partial charge in [-0.1, -0.05) is 17.4 Å². The van der Waals surface area contributed by atoms with Crippen molar-refractivity contribution in [3.8, 4) is 0 Å². The lowest BCUT2D eigenvalue weighted by atomic mass is 10.2. The molecule has 0 saturated heterocycles. The van der Waals surface area contributed by atoms with Gasteiger partial charge in [-0.15, -0.1) is 0 Å². The molecule has 0 bridgehead atoms. The van der Waals surface area contributed by atoms with E-state index in [1.807, 2.05) is 44.2 Å². The summed E-state index contributed by atoms with van der Waals surface area (Å²) in [6, 6.07) is 10.2. The first-order valence-electron chi connectivity index (χ1n) is 6.89. The molecule has 22 heavy (non-hydrogen) atoms. The van der Waals surface area contributed by atoms with Gasteiger partial charge in [0, 0.05) is 5.69 Å². The zero-order chi connectivity index (χ0) is 15.3. The molecular formula is C16H14N4OS. The van der Waals surface area contributed by atoms with E-state index in [4.69, 9.17) is 10.2 Å². The molecule has 0 atom stereocenters. The summed E-state index contributed by atoms with van der Waals surface area (Å²) < 4.78 is 6.77. The standard InChI is InChI=1S/C16H14N4OS/c1-8-3-4-11-12(5-8)21-15(18-11)20-16-19-14-9(2)6-10(17)7-13(14)22-16/h3-7H,17H2,1-2H3,(H,18,19,20). The predicted molar refractivity (Wildman–Crippen MR) is 90.8 cm³/mol. The average Bonchev–Trinajstić information content (AvgIpc) is 3.01. The fourth-order valence-electron chi connectivity index (χ4n) is 2.45. The second-order valence-corrected chi connectivity index (χ2v) is 6.35. The van der Waals surface area contributed by atoms with E-state index in [1.165, 1.54) is 11.3 Å². The minimum atomic E-state index is 0.449. The molecule has 0 unspecified atom stereocenters. The monoisotopic (exact) mass is 310 g/mol. The molecule has 0 aliphatic carbocycles. The van der Waals surface area contributed by atoms with Gasteiger partial charge in [-0.3, -0.25) is 5.32 Å². The third-order valence-corrected chi connectivity index (χ3v) is 4.38. The highest BCUT2D eigenvalue weighted by Gasteiger charge is 2.11. The summed E-state index contributed by atoms with van der Waals surface area (Å²) in [6.07, 6.45) is 0. The number of rotatable bonds is 2. The summed E-state index contributed by atoms with van der Waals surface area (Å²) in [4.78, 5) is 9.01. The van der Waals surface area contributed by atoms with E-state index in [1.54, 1.807) is 0 Å². The third kappa shape index (κ3) is 2.17. The number of oxazole rings is 1. The Morgan fingerprint density at radius 2 is 2.00 bits per heavy atom. The number of nitrogens with zero attached hydrogens (tertiary/aromatic N) is 2. The first kappa shape index (κ1) is 13.1. The first-order valence-corrected chi connectivity index (χ1v) is 7.71. The van der Waals surface area contributed by atoms with Crippen LogP contribution in [0.4, 0.5) is 16.8 Å². The van der Waals surface area contributed by atoms with Gasteiger partial charge in [0.05, 0.1) is 10.2 Å². The van der Waals surface area contributed by atoms with E-state index in [2.05, 4.69) is 15.3 Å². The zero-order valence-electron chi connectivity index (χ0n) is 12.2. The van der Waals surface area contributed by atoms with Crippen molar-refractivity contribution in [1.29, 1.82) is 0 Å². The normalized spacial score (nSPS) is 11.4. The topological polar surface area (TPSA) is 77.0 Å². The average molecular weight is 310 g/mol. The van der Waals surface area contributed by atoms with Gasteiger partial charge in [0.2, 0.25) is 0 Å². The molecule has 4 aromatic rings. The third-order valence-electron chi connectivity index (χ3n) is 3.47. The summed E-state index contributed by atoms with van der Waals surface area (Å²) in [7, 11) is 0. The van der Waals surface area contributed by atoms with Crippen molar-refractivity contribution in [3.05, 3.63) is 41.5 Å². The van der Waals surface area contributed by atoms with Crippen molar-refractivity contribution in [2.45, 2.75) is 13.8 Å². The molecule has 0 fully saturated rings. The smallest absolute Gasteiger partial charge is 0.302 e. The number of hydrogen-bond acceptors (Lipinski definition) is 6. The Morgan fingerprint density at radius 1 is 1.14 bits per heavy atom. The molecular weight excluding hydrogens is 296 g/mol. The van der Waals surface area contributed by atoms with Gasteiger partial charge in [-0.05, 0) is 49.2 Å². The summed E-state index contributed by atoms with van der Waals surface area (Å²) in [5, 5.41) is 3.88. The minimum absolute atomic E-state index is 0.449. The lowest BCUT2D eigenvalue weighted by molar-refractivity contribution is 0.623. The van der Waals surface area contributed by atoms with Gasteiger partial charge in [0.15, 0.2) is 10.7 Å². The summed E-state index contributed by atoms with van der Waals surface area (Å²) in [6.45, 7) is 4.03. The number of thiazole rings is 1. The van der Waals surface area contributed by atoms with Crippen LogP contribution in [-0.2, 0) is 0 Å². The number of nitrogen functional groups attached to an aromatic ring is 1. The Hall–Kier alpha value is -2.60. The molecule has 2 heterocycles. The summed E-state index contributed by atoms with van der Waals surface area (Å²) in [5.41, 5.74) is 11.4. The molecule has 0 radical (unpaired) electrons. The lowest BCUT2D eigenvalue weighted by Gasteiger charge is -1.96. The van der Waals surface area contributed by atoms with Crippen LogP contribution in [0, 0.1) is 13.8 Å². The first-order chi connectivity index (χ1) is 10.6. The number of aryl methyl sites for hydroxylation is 2. The largest absolute Gasteiger partial charge is 0.423 e. The molecule has 0 aliphatic heterocycles. The Morgan fingerprint density at radius 3 is 2.86 bits per heavy atom. The maximum absolute atomic E-state index is 5.88. The van der Waals surface area contributed by atoms with E-state index >= 15 is 0 Å². The molecule has 110 valence electrons. The molecule has 0 saturated carbocycles. The SMILES string of the molecule is Cc1ccc2nc(Nc3nc4c(C)cc(N)cc4s3)oc2c1. The van der Waals surface area contributed by atoms with Crippen LogP contribution < -0.4 is 11.1 Å². The number of nitrogens with one attached hydrogen (secondary N) is 1. The lowest BCUT2D eigenvalue weighted by Crippen LogP contribution is -1.89. The molecule has 0 aliphatic rings. The van der Waals surface area contributed by atoms with Crippen LogP contribution >= 0.6 is 11.3 Å². The number of benzene rings is 2. The van der Waals surface area contributed by atoms with Gasteiger partial charge < -0.3 is 10.2 Å². The second kappa shape index (κ2) is 4.71. The Kier molecular flexibility index (Phi) is 2.80. The molecule has 0 amide bonds. The highest BCUT2D eigenvalue weighted by molar-refractivity contribution is 7.22. The van der Waals surface area contributed by atoms with Crippen LogP contribution in [0.5, 0.6) is 0 Å². The molecule has 4 rings (SSSR count). The summed E-state index contributed by atoms with van der Waals surface area (Å²) >= 11 is 1.53. The quantitative estimate of drug-likeness (QED) is 0.537. The molecule has 2 aromatic carbocycles. The van der Waals surface area contributed by atoms with Gasteiger partial charge >= 0.3 is 6.01 Å². The number of hydrogen-bond donors (Lipinski definition) is 2. The van der Waals surface area contributed by atoms with Crippen molar-refractivity contribution in [3.63, 3.8) is 0 Å². The highest BCUT2D eigenvalue weighted by Crippen LogP contribution is 2.32. The molecule has 6 heteroatoms. The van der Waals surface area contributed by atoms with Crippen molar-refractivity contribution >= 4 is 49.5 Å². The van der Waals surface area contributed by atoms with E-state index in [-0.39, 0.29) is 0 Å². The Bertz CT molecular complexity index is 1000. The number of anilines is 3. The van der Waals surface area contributed by atoms with Crippen LogP contribution in [0.1, 0.15) is 11.1 Å². The van der Waals surface area contributed by atoms with Crippen molar-refractivity contribution < 1.29 is 4.42 Å². The van der Waals surface area contributed by atoms with Crippen molar-refractivity contribution in [1.82, 2.24) is 9.97 Å². The molecule has 5 nitrogen and oxygen atoms in total. The van der Waals surface area contributed by atoms with Crippen molar-refractivity contribution in [2.75, 3.05) is 11.1 Å². The van der Waals surface area contributed by atoms with Gasteiger partial charge in [-0.25, -0.2) is 4.98 Å². The zero-order valence-corrected chi connectivity index (χ0v) is 13.0. The fraction of sp³-hybridized carbons (Fsp3) is 0.125. The van der Waals surface area contributed by atoms with Crippen LogP contribution in [-0.4, -0.2) is 9.97 Å². The molecule has 3 N–H and O–H groups in total. The van der Waals surface area contributed by atoms with E-state index in [0.29, 0.717) is 6.01 Å². The van der Waals surface area contributed by atoms with Crippen LogP contribution in [0.15, 0.2) is 34.7 Å². The van der Waals surface area contributed by atoms with E-state index in [0.717, 1.165) is 43.3 Å². The number of aromatic nitrogens is 2. The van der Waals surface area contributed by atoms with E-state index < -0.39 is 0 Å². The predicted octanol–water partition coefficient (Wildman–Crippen LogP) is 4.38. The van der Waals surface area contributed by atoms with Gasteiger partial charge in [-0.2, -0.15) is 4.98 Å². The summed E-state index contributed by atoms with van der Waals surface area (Å²) in [5.74, 6) is 0. The molecule has 2 aromatic heterocycles. The maximum atomic E-state index is 5.88. The highest BCUT2D eigenvalue weighted by atomic mass is 32.1. The molecule has 0 spiro atoms. The second-order valence-electron chi connectivity index (χ2n) is 5.32. The van der Waals surface area contributed by atoms with E-state index in [9.17, 15) is 0 Å². The van der Waals surface area contributed by atoms with Crippen molar-refractivity contribution in [2.24, 2.45) is 0 Å². The number of fused-ring (bicyclic) bond motifs is 2. The Labute approximate surface area is 130 Å². The van der Waals surface area contributed by atoms with Crippen LogP contribution in [0.3, 0.4) is 0 Å². The Balaban J connectivity index is 1.74. The minimum Gasteiger partial charge on any atom is -0.423 e. The number of nitrogens with two attached hydrogens (primary N) is 1.